The zero-order valence-electron chi connectivity index (χ0n) is 10.4. The predicted octanol–water partition coefficient (Wildman–Crippen LogP) is 1.84. The van der Waals surface area contributed by atoms with Crippen LogP contribution in [0.25, 0.3) is 0 Å². The van der Waals surface area contributed by atoms with E-state index in [0.29, 0.717) is 11.8 Å². The highest BCUT2D eigenvalue weighted by Crippen LogP contribution is 2.41. The number of hydrogen-bond acceptors (Lipinski definition) is 5. The Balaban J connectivity index is 1.37. The molecule has 2 heterocycles. The Bertz CT molecular complexity index is 429. The summed E-state index contributed by atoms with van der Waals surface area (Å²) < 4.78 is 0. The van der Waals surface area contributed by atoms with Crippen LogP contribution in [0.15, 0.2) is 0 Å². The normalized spacial score (nSPS) is 19.6. The lowest BCUT2D eigenvalue weighted by molar-refractivity contribution is -0.127. The van der Waals surface area contributed by atoms with Gasteiger partial charge in [0.2, 0.25) is 11.0 Å². The molecule has 0 spiro atoms. The van der Waals surface area contributed by atoms with Gasteiger partial charge in [0.05, 0.1) is 0 Å². The van der Waals surface area contributed by atoms with Gasteiger partial charge in [-0.2, -0.15) is 0 Å². The molecule has 1 saturated carbocycles. The van der Waals surface area contributed by atoms with E-state index in [9.17, 15) is 4.79 Å². The van der Waals surface area contributed by atoms with Gasteiger partial charge in [-0.25, -0.2) is 0 Å². The van der Waals surface area contributed by atoms with Crippen molar-refractivity contribution < 1.29 is 4.79 Å². The van der Waals surface area contributed by atoms with E-state index >= 15 is 0 Å². The fraction of sp³-hybridized carbons (Fsp3) is 0.750. The first-order valence-corrected chi connectivity index (χ1v) is 7.49. The third-order valence-corrected chi connectivity index (χ3v) is 4.46. The summed E-state index contributed by atoms with van der Waals surface area (Å²) in [7, 11) is 0. The van der Waals surface area contributed by atoms with Crippen LogP contribution in [0, 0.1) is 0 Å². The maximum atomic E-state index is 11.4. The summed E-state index contributed by atoms with van der Waals surface area (Å²) in [5.41, 5.74) is 0. The van der Waals surface area contributed by atoms with Crippen molar-refractivity contribution in [3.05, 3.63) is 5.01 Å². The van der Waals surface area contributed by atoms with Crippen molar-refractivity contribution in [1.29, 1.82) is 0 Å². The van der Waals surface area contributed by atoms with Gasteiger partial charge in [-0.3, -0.25) is 4.79 Å². The smallest absolute Gasteiger partial charge is 0.222 e. The van der Waals surface area contributed by atoms with Crippen LogP contribution in [0.3, 0.4) is 0 Å². The molecule has 18 heavy (non-hydrogen) atoms. The molecule has 5 nitrogen and oxygen atoms in total. The summed E-state index contributed by atoms with van der Waals surface area (Å²) in [6, 6.07) is 0. The van der Waals surface area contributed by atoms with Gasteiger partial charge in [0.1, 0.15) is 5.01 Å². The SMILES string of the molecule is O=C1CCCN1CCCNc1nnc(C2CC2)s1. The van der Waals surface area contributed by atoms with Crippen LogP contribution in [0.5, 0.6) is 0 Å². The molecule has 1 amide bonds. The van der Waals surface area contributed by atoms with Gasteiger partial charge in [0.25, 0.3) is 0 Å². The average molecular weight is 266 g/mol. The molecular weight excluding hydrogens is 248 g/mol. The number of aromatic nitrogens is 2. The van der Waals surface area contributed by atoms with E-state index in [1.807, 2.05) is 4.90 Å². The lowest BCUT2D eigenvalue weighted by Crippen LogP contribution is -2.26. The number of anilines is 1. The lowest BCUT2D eigenvalue weighted by Gasteiger charge is -2.14. The van der Waals surface area contributed by atoms with Crippen molar-refractivity contribution in [2.24, 2.45) is 0 Å². The van der Waals surface area contributed by atoms with Crippen molar-refractivity contribution in [2.45, 2.75) is 38.0 Å². The summed E-state index contributed by atoms with van der Waals surface area (Å²) in [4.78, 5) is 13.4. The molecule has 6 heteroatoms. The number of nitrogens with zero attached hydrogens (tertiary/aromatic N) is 3. The molecule has 1 aliphatic heterocycles. The number of carbonyl (C=O) groups is 1. The van der Waals surface area contributed by atoms with Crippen molar-refractivity contribution >= 4 is 22.4 Å². The van der Waals surface area contributed by atoms with E-state index < -0.39 is 0 Å². The number of amides is 1. The van der Waals surface area contributed by atoms with Gasteiger partial charge in [-0.1, -0.05) is 11.3 Å². The second-order valence-corrected chi connectivity index (χ2v) is 5.99. The van der Waals surface area contributed by atoms with E-state index in [1.165, 1.54) is 17.8 Å². The van der Waals surface area contributed by atoms with Crippen molar-refractivity contribution in [3.8, 4) is 0 Å². The first kappa shape index (κ1) is 11.9. The van der Waals surface area contributed by atoms with E-state index in [-0.39, 0.29) is 0 Å². The Morgan fingerprint density at radius 2 is 2.28 bits per heavy atom. The molecule has 1 N–H and O–H groups in total. The summed E-state index contributed by atoms with van der Waals surface area (Å²) >= 11 is 1.67. The zero-order chi connectivity index (χ0) is 12.4. The Kier molecular flexibility index (Phi) is 3.45. The molecular formula is C12H18N4OS. The maximum absolute atomic E-state index is 11.4. The molecule has 0 unspecified atom stereocenters. The third-order valence-electron chi connectivity index (χ3n) is 3.42. The number of likely N-dealkylation sites (tertiary alicyclic amines) is 1. The fourth-order valence-electron chi connectivity index (χ4n) is 2.21. The van der Waals surface area contributed by atoms with Gasteiger partial charge in [-0.15, -0.1) is 10.2 Å². The highest BCUT2D eigenvalue weighted by molar-refractivity contribution is 7.15. The standard InChI is InChI=1S/C12H18N4OS/c17-10-3-1-7-16(10)8-2-6-13-12-15-14-11(18-12)9-4-5-9/h9H,1-8H2,(H,13,15). The minimum atomic E-state index is 0.307. The Labute approximate surface area is 111 Å². The molecule has 1 aromatic rings. The number of hydrogen-bond donors (Lipinski definition) is 1. The van der Waals surface area contributed by atoms with E-state index in [1.54, 1.807) is 11.3 Å². The molecule has 2 fully saturated rings. The molecule has 0 atom stereocenters. The van der Waals surface area contributed by atoms with Gasteiger partial charge in [0.15, 0.2) is 0 Å². The number of nitrogens with one attached hydrogen (secondary N) is 1. The molecule has 0 bridgehead atoms. The maximum Gasteiger partial charge on any atom is 0.222 e. The fourth-order valence-corrected chi connectivity index (χ4v) is 3.14. The van der Waals surface area contributed by atoms with Gasteiger partial charge < -0.3 is 10.2 Å². The van der Waals surface area contributed by atoms with Crippen molar-refractivity contribution in [3.63, 3.8) is 0 Å². The van der Waals surface area contributed by atoms with Gasteiger partial charge in [0, 0.05) is 32.0 Å². The van der Waals surface area contributed by atoms with Crippen molar-refractivity contribution in [1.82, 2.24) is 15.1 Å². The lowest BCUT2D eigenvalue weighted by atomic mass is 10.4. The summed E-state index contributed by atoms with van der Waals surface area (Å²) in [6.45, 7) is 2.66. The van der Waals surface area contributed by atoms with Crippen LogP contribution in [0.2, 0.25) is 0 Å². The second-order valence-electron chi connectivity index (χ2n) is 4.98. The quantitative estimate of drug-likeness (QED) is 0.798. The molecule has 0 aromatic carbocycles. The highest BCUT2D eigenvalue weighted by atomic mass is 32.1. The van der Waals surface area contributed by atoms with E-state index in [0.717, 1.165) is 44.0 Å². The minimum Gasteiger partial charge on any atom is -0.360 e. The summed E-state index contributed by atoms with van der Waals surface area (Å²) in [5.74, 6) is 0.988. The first-order valence-electron chi connectivity index (χ1n) is 6.68. The highest BCUT2D eigenvalue weighted by Gasteiger charge is 2.27. The molecule has 1 aliphatic carbocycles. The topological polar surface area (TPSA) is 58.1 Å². The van der Waals surface area contributed by atoms with Crippen LogP contribution in [0.1, 0.15) is 43.0 Å². The zero-order valence-corrected chi connectivity index (χ0v) is 11.2. The van der Waals surface area contributed by atoms with E-state index in [2.05, 4.69) is 15.5 Å². The van der Waals surface area contributed by atoms with Crippen LogP contribution < -0.4 is 5.32 Å². The predicted molar refractivity (Wildman–Crippen MR) is 70.8 cm³/mol. The largest absolute Gasteiger partial charge is 0.360 e. The Hall–Kier alpha value is -1.17. The number of carbonyl (C=O) groups excluding carboxylic acids is 1. The van der Waals surface area contributed by atoms with E-state index in [4.69, 9.17) is 0 Å². The van der Waals surface area contributed by atoms with Crippen LogP contribution in [-0.4, -0.2) is 40.6 Å². The monoisotopic (exact) mass is 266 g/mol. The molecule has 1 aromatic heterocycles. The van der Waals surface area contributed by atoms with Gasteiger partial charge in [-0.05, 0) is 25.7 Å². The molecule has 3 rings (SSSR count). The summed E-state index contributed by atoms with van der Waals surface area (Å²) in [6.07, 6.45) is 5.27. The van der Waals surface area contributed by atoms with Crippen LogP contribution in [-0.2, 0) is 4.79 Å². The van der Waals surface area contributed by atoms with Gasteiger partial charge >= 0.3 is 0 Å². The second kappa shape index (κ2) is 5.22. The van der Waals surface area contributed by atoms with Crippen LogP contribution in [0.4, 0.5) is 5.13 Å². The molecule has 0 radical (unpaired) electrons. The number of rotatable bonds is 6. The molecule has 1 saturated heterocycles. The Morgan fingerprint density at radius 3 is 3.00 bits per heavy atom. The molecule has 2 aliphatic rings. The van der Waals surface area contributed by atoms with Crippen molar-refractivity contribution in [2.75, 3.05) is 25.0 Å². The summed E-state index contributed by atoms with van der Waals surface area (Å²) in [5, 5.41) is 13.7. The van der Waals surface area contributed by atoms with Crippen LogP contribution >= 0.6 is 11.3 Å². The first-order chi connectivity index (χ1) is 8.83. The minimum absolute atomic E-state index is 0.307. The third kappa shape index (κ3) is 2.80. The Morgan fingerprint density at radius 1 is 1.39 bits per heavy atom. The average Bonchev–Trinajstić information content (AvgIpc) is 2.98. The molecule has 98 valence electrons.